The van der Waals surface area contributed by atoms with Gasteiger partial charge in [0.05, 0.1) is 0 Å². The van der Waals surface area contributed by atoms with Gasteiger partial charge in [0.2, 0.25) is 0 Å². The fourth-order valence-electron chi connectivity index (χ4n) is 2.12. The van der Waals surface area contributed by atoms with Gasteiger partial charge in [-0.1, -0.05) is 30.3 Å². The fraction of sp³-hybridized carbons (Fsp3) is 0.0526. The maximum absolute atomic E-state index is 12.2. The standard InChI is InChI=1S/C19H16N2O2S/c22-17-7-4-12-20-18(17)21-19(23)15-8-10-16(11-9-15)24-13-14-5-2-1-3-6-14/h1-12,22H,13H2,(H,20,21,23). The molecule has 0 radical (unpaired) electrons. The Hall–Kier alpha value is -2.79. The summed E-state index contributed by atoms with van der Waals surface area (Å²) >= 11 is 1.72. The number of amides is 1. The van der Waals surface area contributed by atoms with Crippen molar-refractivity contribution in [2.45, 2.75) is 10.6 Å². The molecule has 1 amide bonds. The molecule has 5 heteroatoms. The Morgan fingerprint density at radius 3 is 2.46 bits per heavy atom. The lowest BCUT2D eigenvalue weighted by Crippen LogP contribution is -2.12. The first-order chi connectivity index (χ1) is 11.7. The van der Waals surface area contributed by atoms with Crippen molar-refractivity contribution < 1.29 is 9.90 Å². The topological polar surface area (TPSA) is 62.2 Å². The molecule has 3 rings (SSSR count). The number of rotatable bonds is 5. The van der Waals surface area contributed by atoms with E-state index in [4.69, 9.17) is 0 Å². The predicted octanol–water partition coefficient (Wildman–Crippen LogP) is 4.33. The first-order valence-corrected chi connectivity index (χ1v) is 8.43. The fourth-order valence-corrected chi connectivity index (χ4v) is 2.97. The van der Waals surface area contributed by atoms with Crippen LogP contribution in [0.1, 0.15) is 15.9 Å². The minimum atomic E-state index is -0.302. The molecule has 0 bridgehead atoms. The van der Waals surface area contributed by atoms with Crippen LogP contribution < -0.4 is 5.32 Å². The van der Waals surface area contributed by atoms with Crippen LogP contribution in [0.3, 0.4) is 0 Å². The van der Waals surface area contributed by atoms with Gasteiger partial charge >= 0.3 is 0 Å². The van der Waals surface area contributed by atoms with Crippen LogP contribution in [0.5, 0.6) is 5.75 Å². The van der Waals surface area contributed by atoms with Crippen molar-refractivity contribution in [1.29, 1.82) is 0 Å². The number of aromatic hydroxyl groups is 1. The SMILES string of the molecule is O=C(Nc1ncccc1O)c1ccc(SCc2ccccc2)cc1. The molecule has 0 fully saturated rings. The zero-order valence-corrected chi connectivity index (χ0v) is 13.7. The minimum absolute atomic E-state index is 0.0547. The Morgan fingerprint density at radius 1 is 1.00 bits per heavy atom. The van der Waals surface area contributed by atoms with Gasteiger partial charge in [-0.05, 0) is 42.0 Å². The Labute approximate surface area is 144 Å². The summed E-state index contributed by atoms with van der Waals surface area (Å²) in [4.78, 5) is 17.2. The predicted molar refractivity (Wildman–Crippen MR) is 96.3 cm³/mol. The van der Waals surface area contributed by atoms with Crippen LogP contribution in [0.25, 0.3) is 0 Å². The van der Waals surface area contributed by atoms with Crippen molar-refractivity contribution in [3.8, 4) is 5.75 Å². The second kappa shape index (κ2) is 7.66. The van der Waals surface area contributed by atoms with Crippen LogP contribution in [0.2, 0.25) is 0 Å². The minimum Gasteiger partial charge on any atom is -0.504 e. The molecule has 0 aliphatic heterocycles. The van der Waals surface area contributed by atoms with E-state index in [0.717, 1.165) is 10.6 Å². The summed E-state index contributed by atoms with van der Waals surface area (Å²) in [5.74, 6) is 0.684. The lowest BCUT2D eigenvalue weighted by Gasteiger charge is -2.07. The van der Waals surface area contributed by atoms with Crippen molar-refractivity contribution in [3.05, 3.63) is 84.1 Å². The van der Waals surface area contributed by atoms with Crippen molar-refractivity contribution in [1.82, 2.24) is 4.98 Å². The molecule has 0 unspecified atom stereocenters. The molecular formula is C19H16N2O2S. The quantitative estimate of drug-likeness (QED) is 0.681. The number of hydrogen-bond donors (Lipinski definition) is 2. The molecule has 1 heterocycles. The van der Waals surface area contributed by atoms with Crippen molar-refractivity contribution >= 4 is 23.5 Å². The third-order valence-electron chi connectivity index (χ3n) is 3.38. The molecule has 2 aromatic carbocycles. The number of benzene rings is 2. The molecule has 24 heavy (non-hydrogen) atoms. The second-order valence-corrected chi connectivity index (χ2v) is 6.17. The van der Waals surface area contributed by atoms with E-state index >= 15 is 0 Å². The highest BCUT2D eigenvalue weighted by atomic mass is 32.2. The van der Waals surface area contributed by atoms with Gasteiger partial charge in [-0.2, -0.15) is 0 Å². The van der Waals surface area contributed by atoms with Gasteiger partial charge in [-0.25, -0.2) is 4.98 Å². The van der Waals surface area contributed by atoms with Crippen molar-refractivity contribution in [2.24, 2.45) is 0 Å². The number of pyridine rings is 1. The lowest BCUT2D eigenvalue weighted by atomic mass is 10.2. The van der Waals surface area contributed by atoms with Crippen LogP contribution in [-0.4, -0.2) is 16.0 Å². The van der Waals surface area contributed by atoms with Crippen LogP contribution in [-0.2, 0) is 5.75 Å². The van der Waals surface area contributed by atoms with Gasteiger partial charge in [0.15, 0.2) is 11.6 Å². The number of anilines is 1. The van der Waals surface area contributed by atoms with Gasteiger partial charge in [-0.15, -0.1) is 11.8 Å². The van der Waals surface area contributed by atoms with Crippen LogP contribution in [0.4, 0.5) is 5.82 Å². The van der Waals surface area contributed by atoms with E-state index < -0.39 is 0 Å². The average molecular weight is 336 g/mol. The van der Waals surface area contributed by atoms with E-state index in [1.54, 1.807) is 30.0 Å². The maximum Gasteiger partial charge on any atom is 0.256 e. The Morgan fingerprint density at radius 2 is 1.75 bits per heavy atom. The number of carbonyl (C=O) groups excluding carboxylic acids is 1. The normalized spacial score (nSPS) is 10.3. The largest absolute Gasteiger partial charge is 0.504 e. The third-order valence-corrected chi connectivity index (χ3v) is 4.47. The second-order valence-electron chi connectivity index (χ2n) is 5.12. The lowest BCUT2D eigenvalue weighted by molar-refractivity contribution is 0.102. The zero-order valence-electron chi connectivity index (χ0n) is 12.8. The first kappa shape index (κ1) is 16.1. The van der Waals surface area contributed by atoms with E-state index in [9.17, 15) is 9.90 Å². The van der Waals surface area contributed by atoms with Crippen LogP contribution in [0.15, 0.2) is 77.8 Å². The number of hydrogen-bond acceptors (Lipinski definition) is 4. The Kier molecular flexibility index (Phi) is 5.13. The first-order valence-electron chi connectivity index (χ1n) is 7.44. The Bertz CT molecular complexity index is 820. The number of thioether (sulfide) groups is 1. The Balaban J connectivity index is 1.61. The number of aromatic nitrogens is 1. The number of nitrogens with one attached hydrogen (secondary N) is 1. The van der Waals surface area contributed by atoms with Crippen LogP contribution >= 0.6 is 11.8 Å². The highest BCUT2D eigenvalue weighted by Crippen LogP contribution is 2.24. The summed E-state index contributed by atoms with van der Waals surface area (Å²) in [6.45, 7) is 0. The molecule has 4 nitrogen and oxygen atoms in total. The molecule has 0 saturated carbocycles. The third kappa shape index (κ3) is 4.14. The summed E-state index contributed by atoms with van der Waals surface area (Å²) in [5, 5.41) is 12.2. The molecule has 3 aromatic rings. The number of carbonyl (C=O) groups is 1. The van der Waals surface area contributed by atoms with E-state index in [-0.39, 0.29) is 17.5 Å². The van der Waals surface area contributed by atoms with E-state index in [2.05, 4.69) is 22.4 Å². The summed E-state index contributed by atoms with van der Waals surface area (Å²) in [6, 6.07) is 20.7. The van der Waals surface area contributed by atoms with Gasteiger partial charge in [0, 0.05) is 22.4 Å². The summed E-state index contributed by atoms with van der Waals surface area (Å²) in [7, 11) is 0. The van der Waals surface area contributed by atoms with Gasteiger partial charge in [0.25, 0.3) is 5.91 Å². The molecule has 0 saturated heterocycles. The molecular weight excluding hydrogens is 320 g/mol. The van der Waals surface area contributed by atoms with E-state index in [0.29, 0.717) is 5.56 Å². The van der Waals surface area contributed by atoms with Gasteiger partial charge < -0.3 is 10.4 Å². The van der Waals surface area contributed by atoms with Gasteiger partial charge in [-0.3, -0.25) is 4.79 Å². The summed E-state index contributed by atoms with van der Waals surface area (Å²) < 4.78 is 0. The molecule has 0 aliphatic rings. The van der Waals surface area contributed by atoms with E-state index in [1.165, 1.54) is 17.8 Å². The molecule has 2 N–H and O–H groups in total. The molecule has 0 spiro atoms. The number of nitrogens with zero attached hydrogens (tertiary/aromatic N) is 1. The maximum atomic E-state index is 12.2. The monoisotopic (exact) mass is 336 g/mol. The highest BCUT2D eigenvalue weighted by molar-refractivity contribution is 7.98. The highest BCUT2D eigenvalue weighted by Gasteiger charge is 2.09. The van der Waals surface area contributed by atoms with Crippen molar-refractivity contribution in [2.75, 3.05) is 5.32 Å². The summed E-state index contributed by atoms with van der Waals surface area (Å²) in [5.41, 5.74) is 1.78. The summed E-state index contributed by atoms with van der Waals surface area (Å²) in [6.07, 6.45) is 1.51. The molecule has 120 valence electrons. The van der Waals surface area contributed by atoms with E-state index in [1.807, 2.05) is 30.3 Å². The molecule has 0 atom stereocenters. The smallest absolute Gasteiger partial charge is 0.256 e. The van der Waals surface area contributed by atoms with Crippen molar-refractivity contribution in [3.63, 3.8) is 0 Å². The van der Waals surface area contributed by atoms with Gasteiger partial charge in [0.1, 0.15) is 0 Å². The average Bonchev–Trinajstić information content (AvgIpc) is 2.63. The zero-order chi connectivity index (χ0) is 16.8. The molecule has 1 aromatic heterocycles. The molecule has 0 aliphatic carbocycles. The van der Waals surface area contributed by atoms with Crippen LogP contribution in [0, 0.1) is 0 Å².